The number of nitro benzene ring substituents is 1. The second kappa shape index (κ2) is 13.1. The van der Waals surface area contributed by atoms with Crippen molar-refractivity contribution in [3.8, 4) is 11.5 Å². The number of carbonyl (C=O) groups excluding carboxylic acids is 2. The van der Waals surface area contributed by atoms with Gasteiger partial charge in [-0.25, -0.2) is 0 Å². The predicted molar refractivity (Wildman–Crippen MR) is 193 cm³/mol. The Morgan fingerprint density at radius 1 is 0.854 bits per heavy atom. The van der Waals surface area contributed by atoms with E-state index >= 15 is 0 Å². The number of methoxy groups -OCH3 is 1. The molecular weight excluding hydrogens is 719 g/mol. The Kier molecular flexibility index (Phi) is 9.28. The fraction of sp³-hybridized carbons (Fsp3) is 0.385. The summed E-state index contributed by atoms with van der Waals surface area (Å²) in [4.78, 5) is 41.5. The van der Waals surface area contributed by atoms with Crippen molar-refractivity contribution in [1.29, 1.82) is 0 Å². The van der Waals surface area contributed by atoms with Crippen molar-refractivity contribution in [2.75, 3.05) is 13.7 Å². The summed E-state index contributed by atoms with van der Waals surface area (Å²) in [5.74, 6) is 0.722. The number of rotatable bonds is 9. The highest BCUT2D eigenvalue weighted by Crippen LogP contribution is 2.55. The number of nitrogens with zero attached hydrogens (tertiary/aromatic N) is 2. The molecule has 0 spiro atoms. The quantitative estimate of drug-likeness (QED) is 0.122. The van der Waals surface area contributed by atoms with Crippen LogP contribution in [0.15, 0.2) is 89.3 Å². The average molecular weight is 761 g/mol. The second-order valence-corrected chi connectivity index (χ2v) is 15.8. The highest BCUT2D eigenvalue weighted by Gasteiger charge is 2.49. The highest BCUT2D eigenvalue weighted by atomic mass is 127. The molecule has 0 amide bonds. The first-order valence-electron chi connectivity index (χ1n) is 16.3. The third kappa shape index (κ3) is 6.79. The Morgan fingerprint density at radius 2 is 1.44 bits per heavy atom. The van der Waals surface area contributed by atoms with Crippen LogP contribution >= 0.6 is 22.6 Å². The molecule has 3 aromatic rings. The molecule has 0 saturated heterocycles. The molecule has 0 unspecified atom stereocenters. The SMILES string of the molecule is COc1cc(C2C3=C(CC(C)(C)CC3=O)N(CCc3ccccc3)C3=C2C(=O)CC(C)(C)C3)cc(I)c1OCc1ccc([N+](=O)[O-])cc1. The maximum absolute atomic E-state index is 14.3. The molecule has 0 fully saturated rings. The number of ketones is 2. The van der Waals surface area contributed by atoms with Gasteiger partial charge in [0.05, 0.1) is 15.6 Å². The van der Waals surface area contributed by atoms with E-state index in [0.29, 0.717) is 30.9 Å². The zero-order valence-electron chi connectivity index (χ0n) is 28.1. The molecule has 2 aliphatic carbocycles. The van der Waals surface area contributed by atoms with Crippen LogP contribution in [0.1, 0.15) is 76.0 Å². The third-order valence-electron chi connectivity index (χ3n) is 9.60. The number of ether oxygens (including phenoxy) is 2. The highest BCUT2D eigenvalue weighted by molar-refractivity contribution is 14.1. The van der Waals surface area contributed by atoms with Crippen LogP contribution in [-0.2, 0) is 22.6 Å². The number of non-ortho nitro benzene ring substituents is 1. The lowest BCUT2D eigenvalue weighted by atomic mass is 9.63. The number of halogens is 1. The zero-order chi connectivity index (χ0) is 34.4. The molecule has 8 nitrogen and oxygen atoms in total. The molecular formula is C39H41IN2O6. The summed E-state index contributed by atoms with van der Waals surface area (Å²) < 4.78 is 12.9. The van der Waals surface area contributed by atoms with Gasteiger partial charge in [-0.1, -0.05) is 58.0 Å². The van der Waals surface area contributed by atoms with E-state index < -0.39 is 10.8 Å². The van der Waals surface area contributed by atoms with E-state index in [9.17, 15) is 19.7 Å². The van der Waals surface area contributed by atoms with Gasteiger partial charge in [0, 0.05) is 60.0 Å². The first-order chi connectivity index (χ1) is 22.8. The van der Waals surface area contributed by atoms with Gasteiger partial charge in [-0.2, -0.15) is 0 Å². The molecule has 1 heterocycles. The van der Waals surface area contributed by atoms with Gasteiger partial charge in [-0.05, 0) is 93.6 Å². The summed E-state index contributed by atoms with van der Waals surface area (Å²) in [5.41, 5.74) is 5.96. The lowest BCUT2D eigenvalue weighted by molar-refractivity contribution is -0.384. The maximum atomic E-state index is 14.3. The monoisotopic (exact) mass is 760 g/mol. The molecule has 48 heavy (non-hydrogen) atoms. The smallest absolute Gasteiger partial charge is 0.269 e. The van der Waals surface area contributed by atoms with E-state index in [-0.39, 0.29) is 34.7 Å². The first-order valence-corrected chi connectivity index (χ1v) is 17.4. The molecule has 3 aromatic carbocycles. The van der Waals surface area contributed by atoms with E-state index in [0.717, 1.165) is 56.5 Å². The number of nitro groups is 1. The van der Waals surface area contributed by atoms with Crippen molar-refractivity contribution in [2.45, 2.75) is 72.3 Å². The van der Waals surface area contributed by atoms with Crippen molar-refractivity contribution < 1.29 is 24.0 Å². The van der Waals surface area contributed by atoms with Gasteiger partial charge in [-0.15, -0.1) is 0 Å². The van der Waals surface area contributed by atoms with Crippen molar-refractivity contribution in [3.05, 3.63) is 120 Å². The Hall–Kier alpha value is -3.99. The van der Waals surface area contributed by atoms with Crippen molar-refractivity contribution >= 4 is 39.8 Å². The number of allylic oxidation sites excluding steroid dienone is 4. The van der Waals surface area contributed by atoms with E-state index in [4.69, 9.17) is 9.47 Å². The Morgan fingerprint density at radius 3 is 1.98 bits per heavy atom. The fourth-order valence-electron chi connectivity index (χ4n) is 7.45. The number of Topliss-reactive ketones (excluding diaryl/α,β-unsaturated/α-hetero) is 2. The third-order valence-corrected chi connectivity index (χ3v) is 10.4. The van der Waals surface area contributed by atoms with Gasteiger partial charge in [0.25, 0.3) is 5.69 Å². The van der Waals surface area contributed by atoms with Crippen molar-refractivity contribution in [1.82, 2.24) is 4.90 Å². The molecule has 0 aromatic heterocycles. The van der Waals surface area contributed by atoms with Crippen LogP contribution in [0.5, 0.6) is 11.5 Å². The molecule has 0 bridgehead atoms. The molecule has 1 aliphatic heterocycles. The summed E-state index contributed by atoms with van der Waals surface area (Å²) in [6, 6.07) is 20.5. The summed E-state index contributed by atoms with van der Waals surface area (Å²) in [5, 5.41) is 11.1. The lowest BCUT2D eigenvalue weighted by Crippen LogP contribution is -2.45. The molecule has 6 rings (SSSR count). The standard InChI is InChI=1S/C39H41IN2O6/c1-38(2)19-29-35(31(43)21-38)34(36-30(20-39(3,4)22-32(36)44)41(29)16-15-24-9-7-6-8-10-24)26-17-28(40)37(33(18-26)47-5)48-23-25-11-13-27(14-12-25)42(45)46/h6-14,17-18,34H,15-16,19-23H2,1-5H3. The molecule has 0 atom stereocenters. The van der Waals surface area contributed by atoms with Crippen molar-refractivity contribution in [3.63, 3.8) is 0 Å². The van der Waals surface area contributed by atoms with Crippen LogP contribution in [0.4, 0.5) is 5.69 Å². The number of carbonyl (C=O) groups is 2. The number of benzene rings is 3. The van der Waals surface area contributed by atoms with Crippen LogP contribution in [0.25, 0.3) is 0 Å². The molecule has 9 heteroatoms. The van der Waals surface area contributed by atoms with Crippen LogP contribution < -0.4 is 9.47 Å². The van der Waals surface area contributed by atoms with Gasteiger partial charge in [0.15, 0.2) is 23.1 Å². The largest absolute Gasteiger partial charge is 0.493 e. The Labute approximate surface area is 295 Å². The van der Waals surface area contributed by atoms with E-state index in [1.165, 1.54) is 17.7 Å². The van der Waals surface area contributed by atoms with Crippen LogP contribution in [0.3, 0.4) is 0 Å². The van der Waals surface area contributed by atoms with Gasteiger partial charge in [0.2, 0.25) is 0 Å². The molecule has 250 valence electrons. The maximum Gasteiger partial charge on any atom is 0.269 e. The minimum absolute atomic E-state index is 0.0185. The Balaban J connectivity index is 1.44. The van der Waals surface area contributed by atoms with Gasteiger partial charge < -0.3 is 14.4 Å². The van der Waals surface area contributed by atoms with E-state index in [2.05, 4.69) is 67.3 Å². The summed E-state index contributed by atoms with van der Waals surface area (Å²) in [6.45, 7) is 9.50. The predicted octanol–water partition coefficient (Wildman–Crippen LogP) is 8.72. The van der Waals surface area contributed by atoms with E-state index in [1.807, 2.05) is 30.3 Å². The second-order valence-electron chi connectivity index (χ2n) is 14.7. The summed E-state index contributed by atoms with van der Waals surface area (Å²) in [6.07, 6.45) is 3.13. The fourth-order valence-corrected chi connectivity index (χ4v) is 8.23. The molecule has 0 N–H and O–H groups in total. The normalized spacial score (nSPS) is 18.8. The van der Waals surface area contributed by atoms with Gasteiger partial charge >= 0.3 is 0 Å². The van der Waals surface area contributed by atoms with E-state index in [1.54, 1.807) is 19.2 Å². The summed E-state index contributed by atoms with van der Waals surface area (Å²) >= 11 is 2.22. The number of hydrogen-bond acceptors (Lipinski definition) is 7. The number of hydrogen-bond donors (Lipinski definition) is 0. The minimum Gasteiger partial charge on any atom is -0.493 e. The lowest BCUT2D eigenvalue weighted by Gasteiger charge is -2.49. The average Bonchev–Trinajstić information content (AvgIpc) is 3.02. The molecule has 0 radical (unpaired) electrons. The molecule has 0 saturated carbocycles. The topological polar surface area (TPSA) is 99.0 Å². The van der Waals surface area contributed by atoms with Crippen LogP contribution in [0.2, 0.25) is 0 Å². The zero-order valence-corrected chi connectivity index (χ0v) is 30.3. The Bertz CT molecular complexity index is 1790. The van der Waals surface area contributed by atoms with Crippen molar-refractivity contribution in [2.24, 2.45) is 10.8 Å². The van der Waals surface area contributed by atoms with Crippen LogP contribution in [0, 0.1) is 24.5 Å². The van der Waals surface area contributed by atoms with Gasteiger partial charge in [0.1, 0.15) is 6.61 Å². The first kappa shape index (κ1) is 33.9. The van der Waals surface area contributed by atoms with Gasteiger partial charge in [-0.3, -0.25) is 19.7 Å². The van der Waals surface area contributed by atoms with Crippen LogP contribution in [-0.4, -0.2) is 35.0 Å². The summed E-state index contributed by atoms with van der Waals surface area (Å²) in [7, 11) is 1.58. The molecule has 3 aliphatic rings. The minimum atomic E-state index is -0.499.